The van der Waals surface area contributed by atoms with Gasteiger partial charge in [0.15, 0.2) is 5.96 Å². The summed E-state index contributed by atoms with van der Waals surface area (Å²) in [6, 6.07) is 7.37. The quantitative estimate of drug-likeness (QED) is 0.157. The summed E-state index contributed by atoms with van der Waals surface area (Å²) in [5.74, 6) is -1.62. The molecular weight excluding hydrogens is 298 g/mol. The Morgan fingerprint density at radius 3 is 2.26 bits per heavy atom. The first-order valence-corrected chi connectivity index (χ1v) is 7.26. The number of benzene rings is 1. The molecule has 0 aliphatic rings. The van der Waals surface area contributed by atoms with E-state index in [4.69, 9.17) is 27.7 Å². The fourth-order valence-electron chi connectivity index (χ4n) is 1.84. The van der Waals surface area contributed by atoms with Gasteiger partial charge in [0, 0.05) is 6.54 Å². The van der Waals surface area contributed by atoms with Crippen molar-refractivity contribution >= 4 is 17.9 Å². The van der Waals surface area contributed by atoms with Crippen molar-refractivity contribution in [2.45, 2.75) is 31.3 Å². The minimum absolute atomic E-state index is 0.0248. The molecule has 0 unspecified atom stereocenters. The Balaban J connectivity index is 2.37. The van der Waals surface area contributed by atoms with Gasteiger partial charge in [0.05, 0.1) is 0 Å². The van der Waals surface area contributed by atoms with Crippen LogP contribution >= 0.6 is 0 Å². The topological polar surface area (TPSA) is 160 Å². The average Bonchev–Trinajstić information content (AvgIpc) is 2.51. The highest BCUT2D eigenvalue weighted by molar-refractivity contribution is 5.90. The number of rotatable bonds is 8. The SMILES string of the molecule is NC(N)=NCCC[C@H](N)C(=O)OC(=O)[C@@H](N)Cc1ccccc1. The minimum Gasteiger partial charge on any atom is -0.391 e. The standard InChI is InChI=1S/C15H23N5O3/c16-11(7-4-8-20-15(18)19)13(21)23-14(22)12(17)9-10-5-2-1-3-6-10/h1-3,5-6,11-12H,4,7-9,16-17H2,(H4,18,19,20)/t11-,12-/m0/s1. The predicted molar refractivity (Wildman–Crippen MR) is 87.1 cm³/mol. The van der Waals surface area contributed by atoms with E-state index in [1.165, 1.54) is 0 Å². The van der Waals surface area contributed by atoms with Crippen LogP contribution in [0.2, 0.25) is 0 Å². The molecule has 1 aromatic rings. The molecule has 1 aromatic carbocycles. The molecule has 8 heteroatoms. The molecule has 0 amide bonds. The lowest BCUT2D eigenvalue weighted by atomic mass is 10.1. The molecule has 0 aliphatic heterocycles. The Hall–Kier alpha value is -2.45. The summed E-state index contributed by atoms with van der Waals surface area (Å²) in [7, 11) is 0. The number of carbonyl (C=O) groups is 2. The zero-order valence-electron chi connectivity index (χ0n) is 12.9. The number of nitrogens with two attached hydrogens (primary N) is 4. The van der Waals surface area contributed by atoms with Gasteiger partial charge in [-0.25, -0.2) is 9.59 Å². The Labute approximate surface area is 134 Å². The summed E-state index contributed by atoms with van der Waals surface area (Å²) in [5, 5.41) is 0. The molecule has 0 saturated carbocycles. The number of ether oxygens (including phenoxy) is 1. The van der Waals surface area contributed by atoms with Crippen LogP contribution in [0.3, 0.4) is 0 Å². The van der Waals surface area contributed by atoms with Crippen LogP contribution in [0, 0.1) is 0 Å². The first kappa shape index (κ1) is 18.6. The normalized spacial score (nSPS) is 13.0. The second-order valence-corrected chi connectivity index (χ2v) is 5.09. The molecule has 0 fully saturated rings. The van der Waals surface area contributed by atoms with Crippen molar-refractivity contribution in [3.8, 4) is 0 Å². The van der Waals surface area contributed by atoms with Crippen molar-refractivity contribution in [2.24, 2.45) is 27.9 Å². The first-order valence-electron chi connectivity index (χ1n) is 7.26. The van der Waals surface area contributed by atoms with E-state index in [0.29, 0.717) is 19.4 Å². The third kappa shape index (κ3) is 7.39. The van der Waals surface area contributed by atoms with Gasteiger partial charge in [-0.15, -0.1) is 0 Å². The van der Waals surface area contributed by atoms with Crippen LogP contribution in [-0.2, 0) is 20.7 Å². The van der Waals surface area contributed by atoms with E-state index < -0.39 is 24.0 Å². The van der Waals surface area contributed by atoms with Crippen molar-refractivity contribution in [1.82, 2.24) is 0 Å². The molecule has 0 radical (unpaired) electrons. The summed E-state index contributed by atoms with van der Waals surface area (Å²) in [4.78, 5) is 27.3. The van der Waals surface area contributed by atoms with Crippen molar-refractivity contribution in [2.75, 3.05) is 6.54 Å². The maximum absolute atomic E-state index is 11.8. The molecule has 2 atom stereocenters. The van der Waals surface area contributed by atoms with Crippen molar-refractivity contribution in [3.63, 3.8) is 0 Å². The van der Waals surface area contributed by atoms with E-state index in [2.05, 4.69) is 4.99 Å². The Kier molecular flexibility index (Phi) is 7.72. The molecule has 0 bridgehead atoms. The summed E-state index contributed by atoms with van der Waals surface area (Å²) >= 11 is 0. The fourth-order valence-corrected chi connectivity index (χ4v) is 1.84. The lowest BCUT2D eigenvalue weighted by Crippen LogP contribution is -2.40. The van der Waals surface area contributed by atoms with Crippen molar-refractivity contribution in [1.29, 1.82) is 0 Å². The number of nitrogens with zero attached hydrogens (tertiary/aromatic N) is 1. The highest BCUT2D eigenvalue weighted by Gasteiger charge is 2.23. The van der Waals surface area contributed by atoms with Crippen LogP contribution in [0.5, 0.6) is 0 Å². The van der Waals surface area contributed by atoms with Gasteiger partial charge >= 0.3 is 11.9 Å². The third-order valence-electron chi connectivity index (χ3n) is 3.07. The lowest BCUT2D eigenvalue weighted by molar-refractivity contribution is -0.161. The van der Waals surface area contributed by atoms with E-state index in [0.717, 1.165) is 5.56 Å². The Bertz CT molecular complexity index is 543. The molecule has 23 heavy (non-hydrogen) atoms. The maximum Gasteiger partial charge on any atom is 0.330 e. The van der Waals surface area contributed by atoms with Crippen LogP contribution in [0.25, 0.3) is 0 Å². The molecule has 8 N–H and O–H groups in total. The van der Waals surface area contributed by atoms with E-state index in [1.807, 2.05) is 30.3 Å². The van der Waals surface area contributed by atoms with Gasteiger partial charge in [-0.2, -0.15) is 0 Å². The highest BCUT2D eigenvalue weighted by Crippen LogP contribution is 2.04. The van der Waals surface area contributed by atoms with Crippen LogP contribution in [0.15, 0.2) is 35.3 Å². The lowest BCUT2D eigenvalue weighted by Gasteiger charge is -2.13. The van der Waals surface area contributed by atoms with Gasteiger partial charge in [0.2, 0.25) is 0 Å². The van der Waals surface area contributed by atoms with E-state index in [9.17, 15) is 9.59 Å². The van der Waals surface area contributed by atoms with Crippen LogP contribution in [0.1, 0.15) is 18.4 Å². The van der Waals surface area contributed by atoms with E-state index in [-0.39, 0.29) is 12.4 Å². The summed E-state index contributed by atoms with van der Waals surface area (Å²) in [6.45, 7) is 0.352. The van der Waals surface area contributed by atoms with Gasteiger partial charge in [0.1, 0.15) is 12.1 Å². The second kappa shape index (κ2) is 9.54. The number of guanidine groups is 1. The molecule has 0 aliphatic carbocycles. The van der Waals surface area contributed by atoms with Gasteiger partial charge in [0.25, 0.3) is 0 Å². The van der Waals surface area contributed by atoms with E-state index in [1.54, 1.807) is 0 Å². The fraction of sp³-hybridized carbons (Fsp3) is 0.400. The number of hydrogen-bond donors (Lipinski definition) is 4. The highest BCUT2D eigenvalue weighted by atomic mass is 16.6. The van der Waals surface area contributed by atoms with Crippen molar-refractivity contribution < 1.29 is 14.3 Å². The van der Waals surface area contributed by atoms with Crippen LogP contribution < -0.4 is 22.9 Å². The molecule has 0 aromatic heterocycles. The molecule has 1 rings (SSSR count). The first-order chi connectivity index (χ1) is 10.9. The van der Waals surface area contributed by atoms with Gasteiger partial charge in [-0.05, 0) is 24.8 Å². The maximum atomic E-state index is 11.8. The third-order valence-corrected chi connectivity index (χ3v) is 3.07. The molecule has 0 heterocycles. The van der Waals surface area contributed by atoms with Gasteiger partial charge < -0.3 is 27.7 Å². The number of carbonyl (C=O) groups excluding carboxylic acids is 2. The molecule has 126 valence electrons. The molecule has 8 nitrogen and oxygen atoms in total. The average molecular weight is 321 g/mol. The van der Waals surface area contributed by atoms with Crippen molar-refractivity contribution in [3.05, 3.63) is 35.9 Å². The zero-order valence-corrected chi connectivity index (χ0v) is 12.9. The monoisotopic (exact) mass is 321 g/mol. The van der Waals surface area contributed by atoms with Crippen LogP contribution in [-0.4, -0.2) is 36.5 Å². The Morgan fingerprint density at radius 1 is 1.04 bits per heavy atom. The molecular formula is C15H23N5O3. The minimum atomic E-state index is -0.921. The predicted octanol–water partition coefficient (Wildman–Crippen LogP) is -0.993. The summed E-state index contributed by atoms with van der Waals surface area (Å²) < 4.78 is 4.71. The van der Waals surface area contributed by atoms with Gasteiger partial charge in [-0.3, -0.25) is 4.99 Å². The molecule has 0 spiro atoms. The smallest absolute Gasteiger partial charge is 0.330 e. The van der Waals surface area contributed by atoms with Gasteiger partial charge in [-0.1, -0.05) is 30.3 Å². The summed E-state index contributed by atoms with van der Waals surface area (Å²) in [5.41, 5.74) is 22.6. The number of hydrogen-bond acceptors (Lipinski definition) is 6. The van der Waals surface area contributed by atoms with Crippen LogP contribution in [0.4, 0.5) is 0 Å². The van der Waals surface area contributed by atoms with E-state index >= 15 is 0 Å². The second-order valence-electron chi connectivity index (χ2n) is 5.09. The number of aliphatic imine (C=N–C) groups is 1. The zero-order chi connectivity index (χ0) is 17.2. The number of esters is 2. The largest absolute Gasteiger partial charge is 0.391 e. The Morgan fingerprint density at radius 2 is 1.65 bits per heavy atom. The summed E-state index contributed by atoms with van der Waals surface area (Å²) in [6.07, 6.45) is 1.09. The molecule has 0 saturated heterocycles.